The van der Waals surface area contributed by atoms with E-state index >= 15 is 0 Å². The first-order valence-corrected chi connectivity index (χ1v) is 7.02. The summed E-state index contributed by atoms with van der Waals surface area (Å²) in [4.78, 5) is 10.0. The van der Waals surface area contributed by atoms with Crippen molar-refractivity contribution in [2.75, 3.05) is 12.5 Å². The van der Waals surface area contributed by atoms with Gasteiger partial charge in [0.25, 0.3) is 0 Å². The Kier molecular flexibility index (Phi) is 3.38. The van der Waals surface area contributed by atoms with Crippen molar-refractivity contribution in [3.63, 3.8) is 0 Å². The topological polar surface area (TPSA) is 28.7 Å². The molecule has 1 heterocycles. The van der Waals surface area contributed by atoms with Crippen molar-refractivity contribution in [1.82, 2.24) is 9.97 Å². The summed E-state index contributed by atoms with van der Waals surface area (Å²) in [6.45, 7) is 0. The van der Waals surface area contributed by atoms with Gasteiger partial charge in [-0.05, 0) is 18.6 Å². The summed E-state index contributed by atoms with van der Waals surface area (Å²) >= 11 is 3.53. The van der Waals surface area contributed by atoms with E-state index in [0.717, 1.165) is 5.82 Å². The number of imidazole rings is 1. The number of thioether (sulfide) groups is 2. The minimum atomic E-state index is 0.940. The monoisotopic (exact) mass is 236 g/mol. The van der Waals surface area contributed by atoms with Gasteiger partial charge in [-0.15, -0.1) is 23.5 Å². The number of nitrogens with zero attached hydrogens (tertiary/aromatic N) is 1. The predicted molar refractivity (Wildman–Crippen MR) is 67.6 cm³/mol. The second kappa shape index (κ2) is 4.77. The van der Waals surface area contributed by atoms with Crippen LogP contribution in [-0.4, -0.2) is 22.5 Å². The smallest absolute Gasteiger partial charge is 0.138 e. The van der Waals surface area contributed by atoms with Crippen molar-refractivity contribution in [1.29, 1.82) is 0 Å². The van der Waals surface area contributed by atoms with E-state index in [1.165, 1.54) is 15.4 Å². The molecule has 0 radical (unpaired) electrons. The van der Waals surface area contributed by atoms with Crippen LogP contribution in [0.3, 0.4) is 0 Å². The van der Waals surface area contributed by atoms with E-state index in [9.17, 15) is 0 Å². The molecule has 0 amide bonds. The first-order valence-electron chi connectivity index (χ1n) is 4.57. The molecule has 2 nitrogen and oxygen atoms in total. The van der Waals surface area contributed by atoms with Gasteiger partial charge in [-0.1, -0.05) is 12.1 Å². The fourth-order valence-electron chi connectivity index (χ4n) is 1.49. The van der Waals surface area contributed by atoms with Crippen LogP contribution in [-0.2, 0) is 0 Å². The van der Waals surface area contributed by atoms with Crippen LogP contribution in [0, 0.1) is 0 Å². The van der Waals surface area contributed by atoms with Gasteiger partial charge in [0.1, 0.15) is 5.82 Å². The molecule has 1 aromatic carbocycles. The third kappa shape index (κ3) is 2.06. The highest BCUT2D eigenvalue weighted by Gasteiger charge is 2.09. The Labute approximate surface area is 97.9 Å². The molecular formula is C11H12N2S2. The van der Waals surface area contributed by atoms with E-state index < -0.39 is 0 Å². The molecule has 0 saturated carbocycles. The van der Waals surface area contributed by atoms with Gasteiger partial charge in [-0.3, -0.25) is 0 Å². The number of aromatic amines is 1. The number of hydrogen-bond donors (Lipinski definition) is 1. The van der Waals surface area contributed by atoms with Crippen molar-refractivity contribution in [3.8, 4) is 11.4 Å². The van der Waals surface area contributed by atoms with Crippen molar-refractivity contribution >= 4 is 23.5 Å². The zero-order chi connectivity index (χ0) is 10.7. The van der Waals surface area contributed by atoms with E-state index in [-0.39, 0.29) is 0 Å². The molecule has 78 valence electrons. The van der Waals surface area contributed by atoms with Crippen LogP contribution in [0.4, 0.5) is 0 Å². The summed E-state index contributed by atoms with van der Waals surface area (Å²) in [6.07, 6.45) is 7.83. The maximum Gasteiger partial charge on any atom is 0.138 e. The van der Waals surface area contributed by atoms with E-state index in [4.69, 9.17) is 0 Å². The van der Waals surface area contributed by atoms with Crippen molar-refractivity contribution in [3.05, 3.63) is 30.6 Å². The van der Waals surface area contributed by atoms with Gasteiger partial charge < -0.3 is 4.98 Å². The maximum absolute atomic E-state index is 4.29. The number of hydrogen-bond acceptors (Lipinski definition) is 3. The molecule has 0 spiro atoms. The van der Waals surface area contributed by atoms with Crippen LogP contribution < -0.4 is 0 Å². The Bertz CT molecular complexity index is 438. The Balaban J connectivity index is 2.56. The van der Waals surface area contributed by atoms with Crippen LogP contribution in [0.1, 0.15) is 0 Å². The van der Waals surface area contributed by atoms with Crippen LogP contribution in [0.25, 0.3) is 11.4 Å². The predicted octanol–water partition coefficient (Wildman–Crippen LogP) is 3.52. The quantitative estimate of drug-likeness (QED) is 0.827. The summed E-state index contributed by atoms with van der Waals surface area (Å²) in [5, 5.41) is 0. The van der Waals surface area contributed by atoms with Gasteiger partial charge in [0.05, 0.1) is 0 Å². The van der Waals surface area contributed by atoms with Crippen LogP contribution in [0.5, 0.6) is 0 Å². The van der Waals surface area contributed by atoms with Gasteiger partial charge in [-0.2, -0.15) is 0 Å². The molecule has 15 heavy (non-hydrogen) atoms. The van der Waals surface area contributed by atoms with Crippen molar-refractivity contribution < 1.29 is 0 Å². The molecule has 0 atom stereocenters. The zero-order valence-corrected chi connectivity index (χ0v) is 10.3. The average molecular weight is 236 g/mol. The zero-order valence-electron chi connectivity index (χ0n) is 8.65. The highest BCUT2D eigenvalue weighted by Crippen LogP contribution is 2.35. The molecule has 0 aliphatic heterocycles. The molecule has 0 fully saturated rings. The van der Waals surface area contributed by atoms with Gasteiger partial charge in [0.2, 0.25) is 0 Å². The van der Waals surface area contributed by atoms with Gasteiger partial charge >= 0.3 is 0 Å². The molecule has 2 rings (SSSR count). The van der Waals surface area contributed by atoms with Crippen LogP contribution in [0.15, 0.2) is 40.4 Å². The van der Waals surface area contributed by atoms with Gasteiger partial charge in [0, 0.05) is 27.7 Å². The van der Waals surface area contributed by atoms with E-state index in [1.54, 1.807) is 29.7 Å². The Hall–Kier alpha value is -0.870. The SMILES string of the molecule is CSc1cccc(-c2ncc[nH]2)c1SC. The molecule has 0 aliphatic rings. The van der Waals surface area contributed by atoms with E-state index in [1.807, 2.05) is 6.20 Å². The normalized spacial score (nSPS) is 10.5. The third-order valence-electron chi connectivity index (χ3n) is 2.16. The van der Waals surface area contributed by atoms with Crippen LogP contribution >= 0.6 is 23.5 Å². The molecule has 4 heteroatoms. The molecule has 1 N–H and O–H groups in total. The minimum absolute atomic E-state index is 0.940. The average Bonchev–Trinajstić information content (AvgIpc) is 2.81. The molecular weight excluding hydrogens is 224 g/mol. The first-order chi connectivity index (χ1) is 7.36. The van der Waals surface area contributed by atoms with E-state index in [2.05, 4.69) is 40.7 Å². The Morgan fingerprint density at radius 3 is 2.67 bits per heavy atom. The lowest BCUT2D eigenvalue weighted by Crippen LogP contribution is -1.86. The first kappa shape index (κ1) is 10.6. The number of aromatic nitrogens is 2. The van der Waals surface area contributed by atoms with Gasteiger partial charge in [-0.25, -0.2) is 4.98 Å². The number of nitrogens with one attached hydrogen (secondary N) is 1. The number of H-pyrrole nitrogens is 1. The molecule has 0 unspecified atom stereocenters. The number of benzene rings is 1. The van der Waals surface area contributed by atoms with Crippen molar-refractivity contribution in [2.24, 2.45) is 0 Å². The highest BCUT2D eigenvalue weighted by atomic mass is 32.2. The Morgan fingerprint density at radius 1 is 1.20 bits per heavy atom. The lowest BCUT2D eigenvalue weighted by Gasteiger charge is -2.08. The maximum atomic E-state index is 4.29. The fourth-order valence-corrected chi connectivity index (χ4v) is 3.15. The molecule has 2 aromatic rings. The summed E-state index contributed by atoms with van der Waals surface area (Å²) in [6, 6.07) is 6.32. The Morgan fingerprint density at radius 2 is 2.07 bits per heavy atom. The van der Waals surface area contributed by atoms with Gasteiger partial charge in [0.15, 0.2) is 0 Å². The van der Waals surface area contributed by atoms with Crippen LogP contribution in [0.2, 0.25) is 0 Å². The second-order valence-corrected chi connectivity index (χ2v) is 4.64. The third-order valence-corrected chi connectivity index (χ3v) is 3.91. The van der Waals surface area contributed by atoms with Crippen molar-refractivity contribution in [2.45, 2.75) is 9.79 Å². The summed E-state index contributed by atoms with van der Waals surface area (Å²) in [5.41, 5.74) is 1.18. The second-order valence-electron chi connectivity index (χ2n) is 2.98. The summed E-state index contributed by atoms with van der Waals surface area (Å²) in [5.74, 6) is 0.940. The highest BCUT2D eigenvalue weighted by molar-refractivity contribution is 8.01. The summed E-state index contributed by atoms with van der Waals surface area (Å²) in [7, 11) is 0. The standard InChI is InChI=1S/C11H12N2S2/c1-14-9-5-3-4-8(10(9)15-2)11-12-6-7-13-11/h3-7H,1-2H3,(H,12,13). The summed E-state index contributed by atoms with van der Waals surface area (Å²) < 4.78 is 0. The van der Waals surface area contributed by atoms with E-state index in [0.29, 0.717) is 0 Å². The number of rotatable bonds is 3. The molecule has 0 saturated heterocycles. The molecule has 1 aromatic heterocycles. The molecule has 0 bridgehead atoms. The molecule has 0 aliphatic carbocycles. The largest absolute Gasteiger partial charge is 0.345 e. The lowest BCUT2D eigenvalue weighted by molar-refractivity contribution is 1.20. The minimum Gasteiger partial charge on any atom is -0.345 e. The lowest BCUT2D eigenvalue weighted by atomic mass is 10.2. The fraction of sp³-hybridized carbons (Fsp3) is 0.182.